The zero-order valence-electron chi connectivity index (χ0n) is 11.7. The van der Waals surface area contributed by atoms with Gasteiger partial charge in [-0.15, -0.1) is 0 Å². The molecule has 0 aromatic heterocycles. The summed E-state index contributed by atoms with van der Waals surface area (Å²) < 4.78 is 23.3. The van der Waals surface area contributed by atoms with Crippen LogP contribution in [0.4, 0.5) is 0 Å². The van der Waals surface area contributed by atoms with Crippen molar-refractivity contribution in [1.82, 2.24) is 0 Å². The first-order valence-electron chi connectivity index (χ1n) is 6.47. The van der Waals surface area contributed by atoms with Crippen molar-refractivity contribution in [1.29, 1.82) is 0 Å². The van der Waals surface area contributed by atoms with E-state index in [-0.39, 0.29) is 31.9 Å². The third-order valence-electron chi connectivity index (χ3n) is 2.82. The van der Waals surface area contributed by atoms with Crippen molar-refractivity contribution >= 4 is 7.60 Å². The number of rotatable bonds is 7. The van der Waals surface area contributed by atoms with Crippen molar-refractivity contribution < 1.29 is 31.8 Å². The predicted octanol–water partition coefficient (Wildman–Crippen LogP) is -0.183. The predicted molar refractivity (Wildman–Crippen MR) is 77.8 cm³/mol. The summed E-state index contributed by atoms with van der Waals surface area (Å²) in [7, 11) is -3.14. The van der Waals surface area contributed by atoms with Gasteiger partial charge in [-0.1, -0.05) is 60.7 Å². The molecule has 0 unspecified atom stereocenters. The maximum absolute atomic E-state index is 12.4. The lowest BCUT2D eigenvalue weighted by Gasteiger charge is -2.15. The van der Waals surface area contributed by atoms with Gasteiger partial charge in [0.05, 0.1) is 13.2 Å². The third kappa shape index (κ3) is 6.00. The van der Waals surface area contributed by atoms with E-state index >= 15 is 0 Å². The fourth-order valence-corrected chi connectivity index (χ4v) is 2.68. The second-order valence-corrected chi connectivity index (χ2v) is 6.54. The van der Waals surface area contributed by atoms with Gasteiger partial charge in [0.15, 0.2) is 6.29 Å². The molecule has 0 spiro atoms. The summed E-state index contributed by atoms with van der Waals surface area (Å²) >= 11 is 0. The lowest BCUT2D eigenvalue weighted by molar-refractivity contribution is -0.346. The number of hydrogen-bond acceptors (Lipinski definition) is 3. The number of quaternary nitrogens is 1. The molecule has 0 atom stereocenters. The molecule has 0 aliphatic carbocycles. The normalized spacial score (nSPS) is 10.9. The summed E-state index contributed by atoms with van der Waals surface area (Å²) in [6.07, 6.45) is 0.118. The van der Waals surface area contributed by atoms with Crippen LogP contribution in [-0.4, -0.2) is 6.29 Å². The summed E-state index contributed by atoms with van der Waals surface area (Å²) in [6, 6.07) is 19.2. The summed E-state index contributed by atoms with van der Waals surface area (Å²) in [4.78, 5) is 0. The van der Waals surface area contributed by atoms with Gasteiger partial charge < -0.3 is 18.1 Å². The molecule has 0 aliphatic rings. The average molecular weight is 328 g/mol. The van der Waals surface area contributed by atoms with Crippen LogP contribution in [0.2, 0.25) is 0 Å². The van der Waals surface area contributed by atoms with E-state index in [1.807, 2.05) is 60.7 Å². The molecule has 3 N–H and O–H groups in total. The van der Waals surface area contributed by atoms with Crippen LogP contribution in [0.1, 0.15) is 11.1 Å². The lowest BCUT2D eigenvalue weighted by atomic mass is 10.2. The van der Waals surface area contributed by atoms with Gasteiger partial charge in [0.2, 0.25) is 0 Å². The highest BCUT2D eigenvalue weighted by Gasteiger charge is 2.25. The van der Waals surface area contributed by atoms with Crippen LogP contribution in [0.3, 0.4) is 0 Å². The van der Waals surface area contributed by atoms with E-state index in [1.165, 1.54) is 0 Å². The van der Waals surface area contributed by atoms with Gasteiger partial charge in [0.1, 0.15) is 0 Å². The Bertz CT molecular complexity index is 518. The fraction of sp³-hybridized carbons (Fsp3) is 0.200. The topological polar surface area (TPSA) is 63.2 Å². The highest BCUT2D eigenvalue weighted by atomic mass is 35.5. The highest BCUT2D eigenvalue weighted by Crippen LogP contribution is 2.47. The van der Waals surface area contributed by atoms with Gasteiger partial charge in [0, 0.05) is 0 Å². The van der Waals surface area contributed by atoms with Crippen LogP contribution in [0.15, 0.2) is 60.7 Å². The molecular formula is C15H19ClNO3P. The fourth-order valence-electron chi connectivity index (χ4n) is 1.66. The van der Waals surface area contributed by atoms with Crippen molar-refractivity contribution in [2.75, 3.05) is 6.29 Å². The molecule has 0 saturated carbocycles. The zero-order valence-corrected chi connectivity index (χ0v) is 13.3. The molecule has 2 aromatic rings. The van der Waals surface area contributed by atoms with E-state index in [2.05, 4.69) is 5.73 Å². The molecule has 6 heteroatoms. The van der Waals surface area contributed by atoms with Crippen molar-refractivity contribution in [3.63, 3.8) is 0 Å². The molecule has 0 aliphatic heterocycles. The van der Waals surface area contributed by atoms with E-state index in [0.717, 1.165) is 11.1 Å². The van der Waals surface area contributed by atoms with E-state index in [9.17, 15) is 4.57 Å². The second kappa shape index (κ2) is 8.98. The Kier molecular flexibility index (Phi) is 7.65. The van der Waals surface area contributed by atoms with Crippen molar-refractivity contribution in [2.45, 2.75) is 13.2 Å². The van der Waals surface area contributed by atoms with Gasteiger partial charge in [-0.3, -0.25) is 13.6 Å². The van der Waals surface area contributed by atoms with Crippen molar-refractivity contribution in [2.24, 2.45) is 0 Å². The molecule has 0 fully saturated rings. The van der Waals surface area contributed by atoms with E-state index in [1.54, 1.807) is 0 Å². The van der Waals surface area contributed by atoms with Crippen molar-refractivity contribution in [3.8, 4) is 0 Å². The molecule has 4 nitrogen and oxygen atoms in total. The minimum atomic E-state index is -3.14. The molecular weight excluding hydrogens is 309 g/mol. The molecule has 21 heavy (non-hydrogen) atoms. The molecule has 114 valence electrons. The van der Waals surface area contributed by atoms with Gasteiger partial charge in [-0.05, 0) is 11.1 Å². The largest absolute Gasteiger partial charge is 1.00 e. The Morgan fingerprint density at radius 1 is 0.810 bits per heavy atom. The lowest BCUT2D eigenvalue weighted by Crippen LogP contribution is -3.00. The standard InChI is InChI=1S/C15H18NO3P.ClH/c16-13-20(17,18-11-14-7-3-1-4-8-14)19-12-15-9-5-2-6-10-15;/h1-10H,11-13,16H2;1H. The van der Waals surface area contributed by atoms with E-state index in [4.69, 9.17) is 9.05 Å². The summed E-state index contributed by atoms with van der Waals surface area (Å²) in [6.45, 7) is 0.533. The number of hydrogen-bond donors (Lipinski definition) is 1. The first-order chi connectivity index (χ1) is 9.72. The Hall–Kier alpha value is -1.16. The smallest absolute Gasteiger partial charge is 0.384 e. The van der Waals surface area contributed by atoms with E-state index < -0.39 is 7.60 Å². The highest BCUT2D eigenvalue weighted by molar-refractivity contribution is 7.53. The first-order valence-corrected chi connectivity index (χ1v) is 8.20. The molecule has 2 aromatic carbocycles. The number of halogens is 1. The van der Waals surface area contributed by atoms with Crippen LogP contribution in [-0.2, 0) is 26.8 Å². The SMILES string of the molecule is [Cl-].[NH3+]CP(=O)(OCc1ccccc1)OCc1ccccc1. The van der Waals surface area contributed by atoms with Gasteiger partial charge >= 0.3 is 7.60 Å². The number of benzene rings is 2. The first kappa shape index (κ1) is 17.9. The molecule has 0 radical (unpaired) electrons. The average Bonchev–Trinajstić information content (AvgIpc) is 2.53. The molecule has 0 amide bonds. The van der Waals surface area contributed by atoms with E-state index in [0.29, 0.717) is 0 Å². The van der Waals surface area contributed by atoms with Crippen LogP contribution in [0.25, 0.3) is 0 Å². The minimum absolute atomic E-state index is 0. The summed E-state index contributed by atoms with van der Waals surface area (Å²) in [5.74, 6) is 0. The maximum Gasteiger partial charge on any atom is 0.384 e. The van der Waals surface area contributed by atoms with Crippen LogP contribution in [0, 0.1) is 0 Å². The monoisotopic (exact) mass is 327 g/mol. The molecule has 0 saturated heterocycles. The Morgan fingerprint density at radius 2 is 1.19 bits per heavy atom. The summed E-state index contributed by atoms with van der Waals surface area (Å²) in [5, 5.41) is 0. The molecule has 2 rings (SSSR count). The Labute approximate surface area is 131 Å². The second-order valence-electron chi connectivity index (χ2n) is 4.35. The quantitative estimate of drug-likeness (QED) is 0.717. The van der Waals surface area contributed by atoms with Crippen LogP contribution >= 0.6 is 7.60 Å². The zero-order chi connectivity index (χ0) is 14.3. The van der Waals surface area contributed by atoms with Crippen LogP contribution < -0.4 is 18.1 Å². The summed E-state index contributed by atoms with van der Waals surface area (Å²) in [5.41, 5.74) is 5.59. The maximum atomic E-state index is 12.4. The van der Waals surface area contributed by atoms with Crippen molar-refractivity contribution in [3.05, 3.63) is 71.8 Å². The van der Waals surface area contributed by atoms with Gasteiger partial charge in [0.25, 0.3) is 0 Å². The molecule has 0 heterocycles. The minimum Gasteiger partial charge on any atom is -1.00 e. The van der Waals surface area contributed by atoms with Gasteiger partial charge in [-0.25, -0.2) is 0 Å². The van der Waals surface area contributed by atoms with Gasteiger partial charge in [-0.2, -0.15) is 0 Å². The Morgan fingerprint density at radius 3 is 1.52 bits per heavy atom. The Balaban J connectivity index is 0.00000220. The molecule has 0 bridgehead atoms. The third-order valence-corrected chi connectivity index (χ3v) is 4.41. The van der Waals surface area contributed by atoms with Crippen LogP contribution in [0.5, 0.6) is 0 Å².